The average molecular weight is 278 g/mol. The Morgan fingerprint density at radius 1 is 1.00 bits per heavy atom. The second-order valence-electron chi connectivity index (χ2n) is 7.26. The molecule has 1 aromatic rings. The molecule has 0 unspecified atom stereocenters. The van der Waals surface area contributed by atoms with Crippen molar-refractivity contribution in [2.45, 2.75) is 46.2 Å². The first-order valence-corrected chi connectivity index (χ1v) is 7.18. The van der Waals surface area contributed by atoms with Gasteiger partial charge in [0.15, 0.2) is 0 Å². The van der Waals surface area contributed by atoms with Gasteiger partial charge >= 0.3 is 0 Å². The Kier molecular flexibility index (Phi) is 5.22. The van der Waals surface area contributed by atoms with E-state index < -0.39 is 0 Å². The fraction of sp³-hybridized carbons (Fsp3) is 0.647. The molecule has 0 aliphatic rings. The van der Waals surface area contributed by atoms with Gasteiger partial charge in [0.05, 0.1) is 0 Å². The van der Waals surface area contributed by atoms with Gasteiger partial charge in [0.25, 0.3) is 0 Å². The second-order valence-corrected chi connectivity index (χ2v) is 7.26. The van der Waals surface area contributed by atoms with Gasteiger partial charge in [-0.3, -0.25) is 0 Å². The summed E-state index contributed by atoms with van der Waals surface area (Å²) in [6.45, 7) is 10.2. The van der Waals surface area contributed by atoms with Crippen LogP contribution in [-0.4, -0.2) is 43.1 Å². The fourth-order valence-corrected chi connectivity index (χ4v) is 2.47. The Bertz CT molecular complexity index is 471. The summed E-state index contributed by atoms with van der Waals surface area (Å²) in [7, 11) is 8.23. The van der Waals surface area contributed by atoms with Crippen LogP contribution in [0.2, 0.25) is 0 Å². The van der Waals surface area contributed by atoms with Crippen LogP contribution in [0.3, 0.4) is 0 Å². The van der Waals surface area contributed by atoms with Gasteiger partial charge in [0.2, 0.25) is 0 Å². The molecule has 3 heteroatoms. The number of phenolic OH excluding ortho intramolecular Hbond substituents is 1. The Labute approximate surface area is 124 Å². The summed E-state index contributed by atoms with van der Waals surface area (Å²) in [6, 6.07) is 2.17. The zero-order chi connectivity index (χ0) is 15.7. The van der Waals surface area contributed by atoms with Crippen LogP contribution in [0.25, 0.3) is 0 Å². The van der Waals surface area contributed by atoms with Gasteiger partial charge in [-0.1, -0.05) is 26.8 Å². The Morgan fingerprint density at radius 2 is 1.50 bits per heavy atom. The van der Waals surface area contributed by atoms with Gasteiger partial charge in [-0.05, 0) is 57.2 Å². The van der Waals surface area contributed by atoms with Crippen molar-refractivity contribution >= 4 is 0 Å². The molecular weight excluding hydrogens is 248 g/mol. The minimum atomic E-state index is -0.0556. The van der Waals surface area contributed by atoms with Crippen LogP contribution < -0.4 is 0 Å². The first-order chi connectivity index (χ1) is 9.04. The number of benzene rings is 1. The lowest BCUT2D eigenvalue weighted by molar-refractivity contribution is 0.373. The Morgan fingerprint density at radius 3 is 1.90 bits per heavy atom. The van der Waals surface area contributed by atoms with Crippen LogP contribution in [0.5, 0.6) is 5.75 Å². The number of aromatic hydroxyl groups is 1. The summed E-state index contributed by atoms with van der Waals surface area (Å²) in [6.07, 6.45) is 0. The van der Waals surface area contributed by atoms with Crippen molar-refractivity contribution < 1.29 is 5.11 Å². The number of rotatable bonds is 4. The maximum Gasteiger partial charge on any atom is 0.124 e. The van der Waals surface area contributed by atoms with E-state index in [1.54, 1.807) is 0 Å². The molecule has 20 heavy (non-hydrogen) atoms. The summed E-state index contributed by atoms with van der Waals surface area (Å²) >= 11 is 0. The number of nitrogens with zero attached hydrogens (tertiary/aromatic N) is 2. The van der Waals surface area contributed by atoms with Crippen LogP contribution in [0.1, 0.15) is 43.0 Å². The first kappa shape index (κ1) is 17.0. The summed E-state index contributed by atoms with van der Waals surface area (Å²) < 4.78 is 0. The van der Waals surface area contributed by atoms with Crippen LogP contribution in [0.4, 0.5) is 0 Å². The highest BCUT2D eigenvalue weighted by molar-refractivity contribution is 5.52. The highest BCUT2D eigenvalue weighted by Crippen LogP contribution is 2.37. The third kappa shape index (κ3) is 3.97. The second kappa shape index (κ2) is 6.15. The van der Waals surface area contributed by atoms with Gasteiger partial charge in [-0.15, -0.1) is 0 Å². The molecule has 1 rings (SSSR count). The quantitative estimate of drug-likeness (QED) is 0.916. The van der Waals surface area contributed by atoms with E-state index in [0.29, 0.717) is 5.75 Å². The maximum absolute atomic E-state index is 10.7. The van der Waals surface area contributed by atoms with E-state index >= 15 is 0 Å². The molecule has 0 amide bonds. The van der Waals surface area contributed by atoms with Gasteiger partial charge in [-0.2, -0.15) is 0 Å². The third-order valence-corrected chi connectivity index (χ3v) is 3.56. The van der Waals surface area contributed by atoms with E-state index in [1.807, 2.05) is 14.1 Å². The molecule has 114 valence electrons. The van der Waals surface area contributed by atoms with Gasteiger partial charge < -0.3 is 14.9 Å². The third-order valence-electron chi connectivity index (χ3n) is 3.56. The topological polar surface area (TPSA) is 26.7 Å². The van der Waals surface area contributed by atoms with Crippen LogP contribution in [0, 0.1) is 6.92 Å². The summed E-state index contributed by atoms with van der Waals surface area (Å²) in [5.74, 6) is 0.464. The van der Waals surface area contributed by atoms with Crippen molar-refractivity contribution in [2.24, 2.45) is 0 Å². The lowest BCUT2D eigenvalue weighted by Gasteiger charge is -2.27. The maximum atomic E-state index is 10.7. The molecule has 0 fully saturated rings. The summed E-state index contributed by atoms with van der Waals surface area (Å²) in [4.78, 5) is 4.28. The predicted octanol–water partition coefficient (Wildman–Crippen LogP) is 3.12. The number of phenols is 1. The van der Waals surface area contributed by atoms with Gasteiger partial charge in [-0.25, -0.2) is 0 Å². The molecule has 1 aromatic carbocycles. The molecule has 0 aromatic heterocycles. The van der Waals surface area contributed by atoms with Gasteiger partial charge in [0.1, 0.15) is 5.75 Å². The van der Waals surface area contributed by atoms with E-state index in [2.05, 4.69) is 57.7 Å². The minimum absolute atomic E-state index is 0.0556. The molecular formula is C17H30N2O. The molecule has 0 aliphatic heterocycles. The molecule has 0 radical (unpaired) electrons. The lowest BCUT2D eigenvalue weighted by Crippen LogP contribution is -2.19. The Balaban J connectivity index is 3.48. The SMILES string of the molecule is Cc1c(CN(C)C)cc(C(C)(C)C)c(O)c1CN(C)C. The van der Waals surface area contributed by atoms with E-state index in [-0.39, 0.29) is 5.41 Å². The molecule has 0 saturated heterocycles. The Hall–Kier alpha value is -1.06. The van der Waals surface area contributed by atoms with Crippen molar-refractivity contribution in [3.63, 3.8) is 0 Å². The molecule has 0 heterocycles. The predicted molar refractivity (Wildman–Crippen MR) is 86.3 cm³/mol. The first-order valence-electron chi connectivity index (χ1n) is 7.18. The highest BCUT2D eigenvalue weighted by Gasteiger charge is 2.23. The largest absolute Gasteiger partial charge is 0.507 e. The van der Waals surface area contributed by atoms with Crippen molar-refractivity contribution in [2.75, 3.05) is 28.2 Å². The van der Waals surface area contributed by atoms with Crippen LogP contribution in [0.15, 0.2) is 6.07 Å². The number of hydrogen-bond donors (Lipinski definition) is 1. The van der Waals surface area contributed by atoms with Crippen LogP contribution in [-0.2, 0) is 18.5 Å². The normalized spacial score (nSPS) is 12.5. The molecule has 0 aliphatic carbocycles. The molecule has 1 N–H and O–H groups in total. The monoisotopic (exact) mass is 278 g/mol. The van der Waals surface area contributed by atoms with Crippen molar-refractivity contribution in [1.82, 2.24) is 9.80 Å². The molecule has 0 bridgehead atoms. The van der Waals surface area contributed by atoms with E-state index in [9.17, 15) is 5.11 Å². The molecule has 0 atom stereocenters. The average Bonchev–Trinajstić information content (AvgIpc) is 2.25. The minimum Gasteiger partial charge on any atom is -0.507 e. The summed E-state index contributed by atoms with van der Waals surface area (Å²) in [5, 5.41) is 10.7. The fourth-order valence-electron chi connectivity index (χ4n) is 2.47. The van der Waals surface area contributed by atoms with Crippen molar-refractivity contribution in [3.8, 4) is 5.75 Å². The molecule has 3 nitrogen and oxygen atoms in total. The zero-order valence-electron chi connectivity index (χ0n) is 14.3. The zero-order valence-corrected chi connectivity index (χ0v) is 14.3. The van der Waals surface area contributed by atoms with E-state index in [0.717, 1.165) is 24.2 Å². The lowest BCUT2D eigenvalue weighted by atomic mass is 9.82. The summed E-state index contributed by atoms with van der Waals surface area (Å²) in [5.41, 5.74) is 4.54. The highest BCUT2D eigenvalue weighted by atomic mass is 16.3. The molecule has 0 saturated carbocycles. The number of hydrogen-bond acceptors (Lipinski definition) is 3. The standard InChI is InChI=1S/C17H30N2O/c1-12-13(10-18(5)6)9-15(17(2,3)4)16(20)14(12)11-19(7)8/h9,20H,10-11H2,1-8H3. The van der Waals surface area contributed by atoms with Crippen LogP contribution >= 0.6 is 0 Å². The smallest absolute Gasteiger partial charge is 0.124 e. The van der Waals surface area contributed by atoms with Crippen molar-refractivity contribution in [3.05, 3.63) is 28.3 Å². The van der Waals surface area contributed by atoms with E-state index in [4.69, 9.17) is 0 Å². The molecule has 0 spiro atoms. The van der Waals surface area contributed by atoms with Gasteiger partial charge in [0, 0.05) is 18.7 Å². The van der Waals surface area contributed by atoms with E-state index in [1.165, 1.54) is 11.1 Å². The van der Waals surface area contributed by atoms with Crippen molar-refractivity contribution in [1.29, 1.82) is 0 Å².